The van der Waals surface area contributed by atoms with Crippen LogP contribution in [0.3, 0.4) is 0 Å². The van der Waals surface area contributed by atoms with Crippen molar-refractivity contribution in [1.29, 1.82) is 0 Å². The highest BCUT2D eigenvalue weighted by Crippen LogP contribution is 2.37. The third kappa shape index (κ3) is 4.72. The smallest absolute Gasteiger partial charge is 0.270 e. The SMILES string of the molecule is Cc1ccc(N2C(=O)/C(=C\c3ccc(OCc4c(F)cccc4Cl)cc3)SC2=S)c(C)c1. The van der Waals surface area contributed by atoms with E-state index < -0.39 is 5.82 Å². The number of anilines is 1. The van der Waals surface area contributed by atoms with Gasteiger partial charge < -0.3 is 4.74 Å². The molecule has 0 atom stereocenters. The van der Waals surface area contributed by atoms with Gasteiger partial charge in [-0.3, -0.25) is 9.69 Å². The van der Waals surface area contributed by atoms with Crippen LogP contribution in [0.1, 0.15) is 22.3 Å². The zero-order valence-corrected chi connectivity index (χ0v) is 19.8. The van der Waals surface area contributed by atoms with Gasteiger partial charge in [0.2, 0.25) is 0 Å². The van der Waals surface area contributed by atoms with E-state index in [-0.39, 0.29) is 12.5 Å². The van der Waals surface area contributed by atoms with E-state index >= 15 is 0 Å². The lowest BCUT2D eigenvalue weighted by Crippen LogP contribution is -2.28. The number of thioether (sulfide) groups is 1. The maximum atomic E-state index is 13.9. The minimum Gasteiger partial charge on any atom is -0.489 e. The number of hydrogen-bond acceptors (Lipinski definition) is 4. The molecule has 0 unspecified atom stereocenters. The maximum absolute atomic E-state index is 13.9. The first kappa shape index (κ1) is 22.5. The van der Waals surface area contributed by atoms with Gasteiger partial charge >= 0.3 is 0 Å². The van der Waals surface area contributed by atoms with Crippen LogP contribution in [0.4, 0.5) is 10.1 Å². The molecule has 1 heterocycles. The van der Waals surface area contributed by atoms with E-state index in [0.29, 0.717) is 25.6 Å². The topological polar surface area (TPSA) is 29.5 Å². The molecule has 3 aromatic carbocycles. The number of benzene rings is 3. The second-order valence-corrected chi connectivity index (χ2v) is 9.45. The van der Waals surface area contributed by atoms with E-state index in [2.05, 4.69) is 0 Å². The molecule has 7 heteroatoms. The zero-order chi connectivity index (χ0) is 22.8. The number of amides is 1. The zero-order valence-electron chi connectivity index (χ0n) is 17.4. The van der Waals surface area contributed by atoms with Crippen LogP contribution in [-0.2, 0) is 11.4 Å². The summed E-state index contributed by atoms with van der Waals surface area (Å²) in [7, 11) is 0. The predicted octanol–water partition coefficient (Wildman–Crippen LogP) is 7.08. The Morgan fingerprint density at radius 3 is 2.56 bits per heavy atom. The molecule has 3 nitrogen and oxygen atoms in total. The van der Waals surface area contributed by atoms with Gasteiger partial charge in [0.1, 0.15) is 18.2 Å². The number of carbonyl (C=O) groups excluding carboxylic acids is 1. The number of nitrogens with zero attached hydrogens (tertiary/aromatic N) is 1. The minimum absolute atomic E-state index is 0.0272. The number of hydrogen-bond donors (Lipinski definition) is 0. The lowest BCUT2D eigenvalue weighted by Gasteiger charge is -2.17. The molecule has 0 bridgehead atoms. The molecule has 0 N–H and O–H groups in total. The van der Waals surface area contributed by atoms with Crippen LogP contribution < -0.4 is 9.64 Å². The first-order valence-electron chi connectivity index (χ1n) is 9.84. The van der Waals surface area contributed by atoms with Crippen molar-refractivity contribution in [2.45, 2.75) is 20.5 Å². The molecule has 162 valence electrons. The number of aryl methyl sites for hydroxylation is 2. The van der Waals surface area contributed by atoms with Crippen LogP contribution in [0.2, 0.25) is 5.02 Å². The van der Waals surface area contributed by atoms with Crippen molar-refractivity contribution in [3.63, 3.8) is 0 Å². The molecule has 1 aliphatic rings. The van der Waals surface area contributed by atoms with Gasteiger partial charge in [0, 0.05) is 5.56 Å². The summed E-state index contributed by atoms with van der Waals surface area (Å²) in [4.78, 5) is 15.2. The van der Waals surface area contributed by atoms with Gasteiger partial charge in [-0.25, -0.2) is 4.39 Å². The number of halogens is 2. The van der Waals surface area contributed by atoms with E-state index in [1.165, 1.54) is 17.8 Å². The first-order valence-corrected chi connectivity index (χ1v) is 11.4. The molecule has 0 saturated carbocycles. The van der Waals surface area contributed by atoms with E-state index in [4.69, 9.17) is 28.6 Å². The second kappa shape index (κ2) is 9.45. The fraction of sp³-hybridized carbons (Fsp3) is 0.120. The third-order valence-corrected chi connectivity index (χ3v) is 6.67. The molecule has 32 heavy (non-hydrogen) atoms. The molecule has 0 spiro atoms. The van der Waals surface area contributed by atoms with Crippen molar-refractivity contribution in [3.8, 4) is 5.75 Å². The summed E-state index contributed by atoms with van der Waals surface area (Å²) in [5.74, 6) is 0.0331. The summed E-state index contributed by atoms with van der Waals surface area (Å²) in [5, 5.41) is 0.326. The van der Waals surface area contributed by atoms with Gasteiger partial charge in [-0.15, -0.1) is 0 Å². The van der Waals surface area contributed by atoms with Crippen molar-refractivity contribution in [1.82, 2.24) is 0 Å². The van der Waals surface area contributed by atoms with E-state index in [0.717, 1.165) is 22.4 Å². The number of thiocarbonyl (C=S) groups is 1. The molecule has 1 amide bonds. The van der Waals surface area contributed by atoms with E-state index in [1.54, 1.807) is 35.2 Å². The molecule has 1 fully saturated rings. The normalized spacial score (nSPS) is 15.0. The molecular formula is C25H19ClFNO2S2. The highest BCUT2D eigenvalue weighted by Gasteiger charge is 2.34. The number of ether oxygens (including phenoxy) is 1. The molecule has 0 aliphatic carbocycles. The van der Waals surface area contributed by atoms with Crippen LogP contribution in [0.15, 0.2) is 65.6 Å². The molecule has 0 radical (unpaired) electrons. The van der Waals surface area contributed by atoms with Gasteiger partial charge in [-0.05, 0) is 61.4 Å². The molecule has 4 rings (SSSR count). The van der Waals surface area contributed by atoms with Crippen molar-refractivity contribution < 1.29 is 13.9 Å². The first-order chi connectivity index (χ1) is 15.3. The summed E-state index contributed by atoms with van der Waals surface area (Å²) in [6, 6.07) is 17.7. The third-order valence-electron chi connectivity index (χ3n) is 5.01. The molecule has 0 aromatic heterocycles. The average molecular weight is 484 g/mol. The Bertz CT molecular complexity index is 1220. The number of carbonyl (C=O) groups is 1. The average Bonchev–Trinajstić information content (AvgIpc) is 3.02. The second-order valence-electron chi connectivity index (χ2n) is 7.36. The van der Waals surface area contributed by atoms with Crippen molar-refractivity contribution in [2.24, 2.45) is 0 Å². The monoisotopic (exact) mass is 483 g/mol. The standard InChI is InChI=1S/C25H19ClFNO2S2/c1-15-6-11-22(16(2)12-15)28-24(29)23(32-25(28)31)13-17-7-9-18(10-8-17)30-14-19-20(26)4-3-5-21(19)27/h3-13H,14H2,1-2H3/b23-13+. The summed E-state index contributed by atoms with van der Waals surface area (Å²) in [6.45, 7) is 4.01. The Morgan fingerprint density at radius 1 is 1.12 bits per heavy atom. The van der Waals surface area contributed by atoms with Crippen molar-refractivity contribution in [2.75, 3.05) is 4.90 Å². The van der Waals surface area contributed by atoms with Gasteiger partial charge in [-0.1, -0.05) is 71.5 Å². The summed E-state index contributed by atoms with van der Waals surface area (Å²) >= 11 is 12.8. The fourth-order valence-corrected chi connectivity index (χ4v) is 4.87. The highest BCUT2D eigenvalue weighted by atomic mass is 35.5. The predicted molar refractivity (Wildman–Crippen MR) is 134 cm³/mol. The van der Waals surface area contributed by atoms with E-state index in [9.17, 15) is 9.18 Å². The summed E-state index contributed by atoms with van der Waals surface area (Å²) in [6.07, 6.45) is 1.81. The van der Waals surface area contributed by atoms with Crippen LogP contribution in [0.5, 0.6) is 5.75 Å². The molecular weight excluding hydrogens is 465 g/mol. The maximum Gasteiger partial charge on any atom is 0.270 e. The molecule has 1 aliphatic heterocycles. The highest BCUT2D eigenvalue weighted by molar-refractivity contribution is 8.27. The Hall–Kier alpha value is -2.67. The van der Waals surface area contributed by atoms with Crippen molar-refractivity contribution >= 4 is 57.6 Å². The van der Waals surface area contributed by atoms with Gasteiger partial charge in [0.05, 0.1) is 15.6 Å². The summed E-state index contributed by atoms with van der Waals surface area (Å²) in [5.41, 5.74) is 4.08. The largest absolute Gasteiger partial charge is 0.489 e. The Morgan fingerprint density at radius 2 is 1.88 bits per heavy atom. The quantitative estimate of drug-likeness (QED) is 0.286. The van der Waals surface area contributed by atoms with Crippen LogP contribution in [0, 0.1) is 19.7 Å². The van der Waals surface area contributed by atoms with Gasteiger partial charge in [0.15, 0.2) is 4.32 Å². The van der Waals surface area contributed by atoms with Crippen LogP contribution in [0.25, 0.3) is 6.08 Å². The Kier molecular flexibility index (Phi) is 6.65. The fourth-order valence-electron chi connectivity index (χ4n) is 3.37. The van der Waals surface area contributed by atoms with Crippen LogP contribution >= 0.6 is 35.6 Å². The number of rotatable bonds is 5. The van der Waals surface area contributed by atoms with Gasteiger partial charge in [-0.2, -0.15) is 0 Å². The van der Waals surface area contributed by atoms with E-state index in [1.807, 2.05) is 44.2 Å². The molecule has 1 saturated heterocycles. The van der Waals surface area contributed by atoms with Crippen molar-refractivity contribution in [3.05, 3.63) is 98.7 Å². The van der Waals surface area contributed by atoms with Gasteiger partial charge in [0.25, 0.3) is 5.91 Å². The molecule has 3 aromatic rings. The Labute approximate surface area is 200 Å². The Balaban J connectivity index is 1.48. The lowest BCUT2D eigenvalue weighted by atomic mass is 10.1. The minimum atomic E-state index is -0.403. The summed E-state index contributed by atoms with van der Waals surface area (Å²) < 4.78 is 20.1. The lowest BCUT2D eigenvalue weighted by molar-refractivity contribution is -0.113. The van der Waals surface area contributed by atoms with Crippen LogP contribution in [-0.4, -0.2) is 10.2 Å².